The van der Waals surface area contributed by atoms with Crippen LogP contribution in [0.25, 0.3) is 11.2 Å². The molecule has 66 heavy (non-hydrogen) atoms. The number of benzene rings is 4. The Labute approximate surface area is 386 Å². The first-order chi connectivity index (χ1) is 32.1. The van der Waals surface area contributed by atoms with Gasteiger partial charge in [-0.05, 0) is 80.8 Å². The molecule has 0 bridgehead atoms. The Kier molecular flexibility index (Phi) is 16.3. The molecule has 2 aromatic heterocycles. The molecule has 1 amide bonds. The standard InChI is InChI=1S/C49H56N7O9P/c1-33(2)56(34(3)4)66(63-28-14-27-50)65-44-41(29-62-49(35-15-10-8-11-16-35,36-19-23-38(58-5)24-20-36)37-21-25-39(59-6)26-22-37)64-48(45(44)60-7)55-32-53-43-46(51-31-52-47(43)55)54-42(57)30-61-40-17-12-9-13-18-40/h8-13,15-26,31-34,41,44-45,48H,14,28-30H2,1-7H3,(H,51,52,54,57)/t41-,44+,45?,48-,66?/m1/s1. The van der Waals surface area contributed by atoms with Gasteiger partial charge >= 0.3 is 0 Å². The summed E-state index contributed by atoms with van der Waals surface area (Å²) in [5.74, 6) is 1.72. The number of rotatable bonds is 22. The quantitative estimate of drug-likeness (QED) is 0.0390. The van der Waals surface area contributed by atoms with Crippen LogP contribution in [-0.4, -0.2) is 102 Å². The number of aromatic nitrogens is 4. The Hall–Kier alpha value is -6.02. The van der Waals surface area contributed by atoms with Gasteiger partial charge in [0.2, 0.25) is 0 Å². The SMILES string of the molecule is COc1ccc(C(OC[C@H]2O[C@@H](n3cnc4c(NC(=O)COc5ccccc5)ncnc43)C(OC)[C@H]2OP(OCCC#N)N(C(C)C)C(C)C)(c2ccccc2)c2ccc(OC)cc2)cc1. The Morgan fingerprint density at radius 2 is 1.42 bits per heavy atom. The summed E-state index contributed by atoms with van der Waals surface area (Å²) < 4.78 is 55.1. The molecule has 1 N–H and O–H groups in total. The molecule has 1 saturated heterocycles. The number of para-hydroxylation sites is 1. The summed E-state index contributed by atoms with van der Waals surface area (Å²) in [5.41, 5.74) is 2.06. The molecule has 1 aliphatic heterocycles. The van der Waals surface area contributed by atoms with E-state index in [0.29, 0.717) is 28.4 Å². The smallest absolute Gasteiger partial charge is 0.263 e. The number of nitrogens with zero attached hydrogens (tertiary/aromatic N) is 6. The zero-order chi connectivity index (χ0) is 46.6. The number of hydrogen-bond acceptors (Lipinski definition) is 14. The van der Waals surface area contributed by atoms with Gasteiger partial charge < -0.3 is 42.8 Å². The number of nitriles is 1. The first-order valence-electron chi connectivity index (χ1n) is 21.7. The molecule has 0 saturated carbocycles. The van der Waals surface area contributed by atoms with Crippen molar-refractivity contribution in [3.05, 3.63) is 139 Å². The number of amides is 1. The third-order valence-electron chi connectivity index (χ3n) is 11.1. The van der Waals surface area contributed by atoms with E-state index in [1.54, 1.807) is 44.4 Å². The number of carbonyl (C=O) groups excluding carboxylic acids is 1. The zero-order valence-electron chi connectivity index (χ0n) is 38.1. The minimum Gasteiger partial charge on any atom is -0.497 e. The van der Waals surface area contributed by atoms with Crippen LogP contribution in [0.4, 0.5) is 5.82 Å². The average Bonchev–Trinajstić information content (AvgIpc) is 3.93. The van der Waals surface area contributed by atoms with Crippen LogP contribution in [0.1, 0.15) is 57.0 Å². The number of anilines is 1. The van der Waals surface area contributed by atoms with Crippen molar-refractivity contribution in [1.82, 2.24) is 24.2 Å². The Morgan fingerprint density at radius 3 is 2.00 bits per heavy atom. The molecule has 346 valence electrons. The van der Waals surface area contributed by atoms with Gasteiger partial charge in [-0.25, -0.2) is 19.6 Å². The summed E-state index contributed by atoms with van der Waals surface area (Å²) in [4.78, 5) is 26.7. The molecule has 1 fully saturated rings. The fourth-order valence-electron chi connectivity index (χ4n) is 8.09. The largest absolute Gasteiger partial charge is 0.497 e. The first-order valence-corrected chi connectivity index (χ1v) is 22.8. The van der Waals surface area contributed by atoms with Crippen LogP contribution < -0.4 is 19.5 Å². The molecule has 17 heteroatoms. The highest BCUT2D eigenvalue weighted by Gasteiger charge is 2.51. The molecule has 2 unspecified atom stereocenters. The predicted molar refractivity (Wildman–Crippen MR) is 249 cm³/mol. The van der Waals surface area contributed by atoms with E-state index in [1.165, 1.54) is 6.33 Å². The lowest BCUT2D eigenvalue weighted by Crippen LogP contribution is -2.42. The molecule has 6 aromatic rings. The van der Waals surface area contributed by atoms with E-state index in [-0.39, 0.29) is 44.1 Å². The molecule has 5 atom stereocenters. The summed E-state index contributed by atoms with van der Waals surface area (Å²) in [6, 6.07) is 36.9. The van der Waals surface area contributed by atoms with E-state index in [0.717, 1.165) is 16.7 Å². The monoisotopic (exact) mass is 917 g/mol. The van der Waals surface area contributed by atoms with Crippen molar-refractivity contribution >= 4 is 31.4 Å². The van der Waals surface area contributed by atoms with E-state index in [2.05, 4.69) is 58.7 Å². The second kappa shape index (κ2) is 22.4. The number of ether oxygens (including phenoxy) is 6. The number of carbonyl (C=O) groups is 1. The molecular weight excluding hydrogens is 862 g/mol. The first kappa shape index (κ1) is 47.9. The van der Waals surface area contributed by atoms with Crippen LogP contribution in [0, 0.1) is 11.3 Å². The highest BCUT2D eigenvalue weighted by molar-refractivity contribution is 7.44. The van der Waals surface area contributed by atoms with E-state index < -0.39 is 44.6 Å². The highest BCUT2D eigenvalue weighted by atomic mass is 31.2. The third kappa shape index (κ3) is 10.6. The van der Waals surface area contributed by atoms with Gasteiger partial charge in [0.15, 0.2) is 29.8 Å². The van der Waals surface area contributed by atoms with Gasteiger partial charge in [-0.15, -0.1) is 0 Å². The third-order valence-corrected chi connectivity index (χ3v) is 13.2. The maximum atomic E-state index is 13.1. The number of methoxy groups -OCH3 is 3. The van der Waals surface area contributed by atoms with Crippen molar-refractivity contribution in [3.63, 3.8) is 0 Å². The second-order valence-corrected chi connectivity index (χ2v) is 17.3. The second-order valence-electron chi connectivity index (χ2n) is 15.9. The summed E-state index contributed by atoms with van der Waals surface area (Å²) in [7, 11) is 3.07. The zero-order valence-corrected chi connectivity index (χ0v) is 39.0. The summed E-state index contributed by atoms with van der Waals surface area (Å²) >= 11 is 0. The van der Waals surface area contributed by atoms with Crippen molar-refractivity contribution < 1.29 is 42.3 Å². The maximum Gasteiger partial charge on any atom is 0.263 e. The summed E-state index contributed by atoms with van der Waals surface area (Å²) in [6.45, 7) is 8.22. The lowest BCUT2D eigenvalue weighted by molar-refractivity contribution is -0.118. The van der Waals surface area contributed by atoms with Crippen LogP contribution in [0.15, 0.2) is 122 Å². The van der Waals surface area contributed by atoms with Gasteiger partial charge in [-0.1, -0.05) is 72.8 Å². The minimum absolute atomic E-state index is 0.0109. The fourth-order valence-corrected chi connectivity index (χ4v) is 9.86. The van der Waals surface area contributed by atoms with Crippen LogP contribution >= 0.6 is 8.53 Å². The van der Waals surface area contributed by atoms with Gasteiger partial charge in [-0.3, -0.25) is 9.36 Å². The van der Waals surface area contributed by atoms with Crippen molar-refractivity contribution in [2.75, 3.05) is 46.5 Å². The molecule has 4 aromatic carbocycles. The molecule has 7 rings (SSSR count). The average molecular weight is 918 g/mol. The van der Waals surface area contributed by atoms with Gasteiger partial charge in [0, 0.05) is 19.2 Å². The number of fused-ring (bicyclic) bond motifs is 1. The fraction of sp³-hybridized carbons (Fsp3) is 0.367. The van der Waals surface area contributed by atoms with Crippen LogP contribution in [0.2, 0.25) is 0 Å². The van der Waals surface area contributed by atoms with Crippen molar-refractivity contribution in [3.8, 4) is 23.3 Å². The molecule has 0 radical (unpaired) electrons. The van der Waals surface area contributed by atoms with E-state index in [1.807, 2.05) is 97.1 Å². The van der Waals surface area contributed by atoms with Gasteiger partial charge in [0.05, 0.1) is 46.3 Å². The number of nitrogens with one attached hydrogen (secondary N) is 1. The van der Waals surface area contributed by atoms with Gasteiger partial charge in [0.25, 0.3) is 14.4 Å². The molecule has 1 aliphatic rings. The van der Waals surface area contributed by atoms with Gasteiger partial charge in [0.1, 0.15) is 47.5 Å². The summed E-state index contributed by atoms with van der Waals surface area (Å²) in [6.07, 6.45) is -0.131. The van der Waals surface area contributed by atoms with E-state index >= 15 is 0 Å². The Morgan fingerprint density at radius 1 is 0.818 bits per heavy atom. The lowest BCUT2D eigenvalue weighted by atomic mass is 9.80. The minimum atomic E-state index is -1.78. The van der Waals surface area contributed by atoms with Gasteiger partial charge in [-0.2, -0.15) is 5.26 Å². The van der Waals surface area contributed by atoms with Crippen molar-refractivity contribution in [2.24, 2.45) is 0 Å². The van der Waals surface area contributed by atoms with Crippen molar-refractivity contribution in [1.29, 1.82) is 5.26 Å². The molecule has 3 heterocycles. The Balaban J connectivity index is 1.29. The highest BCUT2D eigenvalue weighted by Crippen LogP contribution is 2.51. The van der Waals surface area contributed by atoms with Crippen molar-refractivity contribution in [2.45, 2.75) is 76.3 Å². The normalized spacial score (nSPS) is 17.8. The molecule has 0 spiro atoms. The Bertz CT molecular complexity index is 2450. The summed E-state index contributed by atoms with van der Waals surface area (Å²) in [5, 5.41) is 12.3. The predicted octanol–water partition coefficient (Wildman–Crippen LogP) is 8.44. The molecular formula is C49H56N7O9P. The number of hydrogen-bond donors (Lipinski definition) is 1. The van der Waals surface area contributed by atoms with Crippen LogP contribution in [0.3, 0.4) is 0 Å². The lowest BCUT2D eigenvalue weighted by Gasteiger charge is -2.39. The topological polar surface area (TPSA) is 174 Å². The van der Waals surface area contributed by atoms with Crippen LogP contribution in [0.5, 0.6) is 17.2 Å². The van der Waals surface area contributed by atoms with Crippen LogP contribution in [-0.2, 0) is 33.7 Å². The maximum absolute atomic E-state index is 13.1. The van der Waals surface area contributed by atoms with E-state index in [4.69, 9.17) is 37.5 Å². The number of imidazole rings is 1. The molecule has 0 aliphatic carbocycles. The van der Waals surface area contributed by atoms with E-state index in [9.17, 15) is 10.1 Å². The molecule has 16 nitrogen and oxygen atoms in total.